The third-order valence-corrected chi connectivity index (χ3v) is 1.97. The summed E-state index contributed by atoms with van der Waals surface area (Å²) in [5, 5.41) is 0. The van der Waals surface area contributed by atoms with Gasteiger partial charge in [0.15, 0.2) is 0 Å². The number of nitrogens with zero attached hydrogens (tertiary/aromatic N) is 1. The topological polar surface area (TPSA) is 47.9 Å². The van der Waals surface area contributed by atoms with Gasteiger partial charge in [0.1, 0.15) is 0 Å². The fourth-order valence-electron chi connectivity index (χ4n) is 0.776. The Morgan fingerprint density at radius 3 is 2.27 bits per heavy atom. The summed E-state index contributed by atoms with van der Waals surface area (Å²) in [6.07, 6.45) is 2.07. The molecule has 0 aromatic rings. The molecule has 0 saturated carbocycles. The van der Waals surface area contributed by atoms with E-state index in [1.165, 1.54) is 0 Å². The van der Waals surface area contributed by atoms with Gasteiger partial charge in [0.2, 0.25) is 0 Å². The molecule has 0 amide bonds. The van der Waals surface area contributed by atoms with E-state index in [2.05, 4.69) is 11.3 Å². The summed E-state index contributed by atoms with van der Waals surface area (Å²) in [6.45, 7) is 3.34. The zero-order chi connectivity index (χ0) is 11.6. The minimum absolute atomic E-state index is 0.0436. The molecule has 0 aromatic carbocycles. The molecule has 4 nitrogen and oxygen atoms in total. The maximum Gasteiger partial charge on any atom is 0.366 e. The molecule has 0 N–H and O–H groups in total. The van der Waals surface area contributed by atoms with Crippen molar-refractivity contribution >= 4 is 10.5 Å². The van der Waals surface area contributed by atoms with Gasteiger partial charge in [-0.05, 0) is 6.42 Å². The lowest BCUT2D eigenvalue weighted by Gasteiger charge is -2.03. The average molecular weight is 245 g/mol. The predicted octanol–water partition coefficient (Wildman–Crippen LogP) is 2.06. The van der Waals surface area contributed by atoms with Crippen LogP contribution in [0, 0.1) is 0 Å². The SMILES string of the molecule is CCCCOCCOCCN=S(=O)(F)F. The average Bonchev–Trinajstić information content (AvgIpc) is 2.14. The minimum atomic E-state index is -4.97. The zero-order valence-corrected chi connectivity index (χ0v) is 9.60. The van der Waals surface area contributed by atoms with Gasteiger partial charge in [-0.2, -0.15) is 8.57 Å². The van der Waals surface area contributed by atoms with Crippen LogP contribution in [0.25, 0.3) is 0 Å². The molecule has 0 heterocycles. The van der Waals surface area contributed by atoms with Crippen molar-refractivity contribution in [2.75, 3.05) is 33.0 Å². The summed E-state index contributed by atoms with van der Waals surface area (Å²) in [7, 11) is -4.97. The van der Waals surface area contributed by atoms with Crippen LogP contribution in [-0.2, 0) is 20.0 Å². The van der Waals surface area contributed by atoms with E-state index in [1.807, 2.05) is 0 Å². The molecule has 7 heteroatoms. The fraction of sp³-hybridized carbons (Fsp3) is 1.00. The Morgan fingerprint density at radius 1 is 1.13 bits per heavy atom. The Hall–Kier alpha value is -0.270. The van der Waals surface area contributed by atoms with Gasteiger partial charge < -0.3 is 9.47 Å². The Morgan fingerprint density at radius 2 is 1.73 bits per heavy atom. The highest BCUT2D eigenvalue weighted by Gasteiger charge is 1.98. The predicted molar refractivity (Wildman–Crippen MR) is 54.2 cm³/mol. The van der Waals surface area contributed by atoms with Crippen LogP contribution < -0.4 is 0 Å². The van der Waals surface area contributed by atoms with Gasteiger partial charge in [0.05, 0.1) is 26.4 Å². The molecule has 92 valence electrons. The molecular formula is C8H17F2NO3S. The van der Waals surface area contributed by atoms with Crippen molar-refractivity contribution in [2.24, 2.45) is 4.36 Å². The molecule has 0 radical (unpaired) electrons. The second-order valence-electron chi connectivity index (χ2n) is 2.83. The van der Waals surface area contributed by atoms with E-state index in [9.17, 15) is 12.0 Å². The summed E-state index contributed by atoms with van der Waals surface area (Å²) in [5.74, 6) is 0. The standard InChI is InChI=1S/C8H17F2NO3S/c1-2-3-5-13-7-8-14-6-4-11-15(9,10)12/h2-8H2,1H3. The molecule has 0 aromatic heterocycles. The number of hydrogen-bond acceptors (Lipinski definition) is 4. The lowest BCUT2D eigenvalue weighted by Crippen LogP contribution is -2.07. The first-order chi connectivity index (χ1) is 7.06. The highest BCUT2D eigenvalue weighted by Crippen LogP contribution is 1.97. The second-order valence-corrected chi connectivity index (χ2v) is 3.88. The van der Waals surface area contributed by atoms with Crippen LogP contribution in [0.2, 0.25) is 0 Å². The van der Waals surface area contributed by atoms with Crippen molar-refractivity contribution in [1.29, 1.82) is 0 Å². The zero-order valence-electron chi connectivity index (χ0n) is 8.79. The largest absolute Gasteiger partial charge is 0.379 e. The van der Waals surface area contributed by atoms with Gasteiger partial charge in [-0.25, -0.2) is 0 Å². The molecule has 0 fully saturated rings. The summed E-state index contributed by atoms with van der Waals surface area (Å²) < 4.78 is 46.0. The van der Waals surface area contributed by atoms with Crippen molar-refractivity contribution in [3.05, 3.63) is 0 Å². The summed E-state index contributed by atoms with van der Waals surface area (Å²) in [5.41, 5.74) is 0. The maximum atomic E-state index is 11.7. The van der Waals surface area contributed by atoms with Crippen molar-refractivity contribution < 1.29 is 21.5 Å². The molecule has 0 rings (SSSR count). The number of ether oxygens (including phenoxy) is 2. The molecule has 0 aliphatic rings. The monoisotopic (exact) mass is 245 g/mol. The van der Waals surface area contributed by atoms with Crippen molar-refractivity contribution in [3.63, 3.8) is 0 Å². The molecule has 0 saturated heterocycles. The maximum absolute atomic E-state index is 11.7. The third kappa shape index (κ3) is 13.7. The van der Waals surface area contributed by atoms with Crippen LogP contribution in [0.5, 0.6) is 0 Å². The molecule has 0 aliphatic heterocycles. The van der Waals surface area contributed by atoms with E-state index < -0.39 is 10.5 Å². The summed E-state index contributed by atoms with van der Waals surface area (Å²) in [6, 6.07) is 0. The van der Waals surface area contributed by atoms with Crippen LogP contribution in [0.3, 0.4) is 0 Å². The molecular weight excluding hydrogens is 228 g/mol. The van der Waals surface area contributed by atoms with Gasteiger partial charge in [-0.1, -0.05) is 21.1 Å². The number of hydrogen-bond donors (Lipinski definition) is 0. The summed E-state index contributed by atoms with van der Waals surface area (Å²) in [4.78, 5) is 0. The van der Waals surface area contributed by atoms with Crippen molar-refractivity contribution in [3.8, 4) is 0 Å². The molecule has 15 heavy (non-hydrogen) atoms. The van der Waals surface area contributed by atoms with Crippen LogP contribution in [0.15, 0.2) is 4.36 Å². The number of halogens is 2. The quantitative estimate of drug-likeness (QED) is 0.461. The van der Waals surface area contributed by atoms with Crippen LogP contribution in [-0.4, -0.2) is 37.2 Å². The van der Waals surface area contributed by atoms with Gasteiger partial charge in [0, 0.05) is 6.61 Å². The Balaban J connectivity index is 3.16. The van der Waals surface area contributed by atoms with Gasteiger partial charge in [0.25, 0.3) is 0 Å². The minimum Gasteiger partial charge on any atom is -0.379 e. The fourth-order valence-corrected chi connectivity index (χ4v) is 1.06. The van der Waals surface area contributed by atoms with Gasteiger partial charge in [-0.15, -0.1) is 0 Å². The van der Waals surface area contributed by atoms with Crippen LogP contribution in [0.4, 0.5) is 7.77 Å². The van der Waals surface area contributed by atoms with Crippen LogP contribution >= 0.6 is 0 Å². The van der Waals surface area contributed by atoms with Crippen LogP contribution in [0.1, 0.15) is 19.8 Å². The van der Waals surface area contributed by atoms with E-state index in [1.54, 1.807) is 0 Å². The highest BCUT2D eigenvalue weighted by molar-refractivity contribution is 7.83. The number of rotatable bonds is 9. The molecule has 0 atom stereocenters. The normalized spacial score (nSPS) is 11.7. The van der Waals surface area contributed by atoms with E-state index in [4.69, 9.17) is 9.47 Å². The lowest BCUT2D eigenvalue weighted by molar-refractivity contribution is 0.0498. The first kappa shape index (κ1) is 14.7. The van der Waals surface area contributed by atoms with E-state index >= 15 is 0 Å². The van der Waals surface area contributed by atoms with E-state index in [-0.39, 0.29) is 13.2 Å². The van der Waals surface area contributed by atoms with Crippen molar-refractivity contribution in [1.82, 2.24) is 0 Å². The smallest absolute Gasteiger partial charge is 0.366 e. The first-order valence-corrected chi connectivity index (χ1v) is 6.15. The Bertz CT molecular complexity index is 246. The molecule has 0 spiro atoms. The molecule has 0 unspecified atom stereocenters. The second kappa shape index (κ2) is 8.99. The Kier molecular flexibility index (Phi) is 8.83. The molecule has 0 aliphatic carbocycles. The molecule has 0 bridgehead atoms. The first-order valence-electron chi connectivity index (χ1n) is 4.84. The number of unbranched alkanes of at least 4 members (excludes halogenated alkanes) is 1. The van der Waals surface area contributed by atoms with Crippen molar-refractivity contribution in [2.45, 2.75) is 19.8 Å². The summed E-state index contributed by atoms with van der Waals surface area (Å²) >= 11 is 0. The Labute approximate surface area is 89.7 Å². The highest BCUT2D eigenvalue weighted by atomic mass is 32.3. The van der Waals surface area contributed by atoms with E-state index in [0.29, 0.717) is 19.8 Å². The third-order valence-electron chi connectivity index (χ3n) is 1.49. The lowest BCUT2D eigenvalue weighted by atomic mass is 10.4. The van der Waals surface area contributed by atoms with E-state index in [0.717, 1.165) is 12.8 Å². The van der Waals surface area contributed by atoms with Gasteiger partial charge >= 0.3 is 10.5 Å². The van der Waals surface area contributed by atoms with Gasteiger partial charge in [-0.3, -0.25) is 0 Å².